The summed E-state index contributed by atoms with van der Waals surface area (Å²) in [4.78, 5) is 24.6. The molecular weight excluding hydrogens is 503 g/mol. The highest BCUT2D eigenvalue weighted by molar-refractivity contribution is 7.14. The van der Waals surface area contributed by atoms with Crippen LogP contribution in [0.15, 0.2) is 60.7 Å². The molecule has 196 valence electrons. The molecule has 0 radical (unpaired) electrons. The summed E-state index contributed by atoms with van der Waals surface area (Å²) in [5.74, 6) is -0.333. The second-order valence-corrected chi connectivity index (χ2v) is 10.3. The fourth-order valence-electron chi connectivity index (χ4n) is 4.55. The maximum absolute atomic E-state index is 12.9. The lowest BCUT2D eigenvalue weighted by Crippen LogP contribution is -2.25. The molecule has 0 spiro atoms. The lowest BCUT2D eigenvalue weighted by molar-refractivity contribution is -0.138. The minimum atomic E-state index is -4.37. The van der Waals surface area contributed by atoms with Crippen LogP contribution in [0, 0.1) is 5.92 Å². The molecule has 9 heteroatoms. The molecule has 1 aliphatic carbocycles. The Labute approximate surface area is 217 Å². The van der Waals surface area contributed by atoms with Crippen molar-refractivity contribution in [3.05, 3.63) is 76.0 Å². The van der Waals surface area contributed by atoms with Gasteiger partial charge in [-0.25, -0.2) is 0 Å². The number of hydrogen-bond donors (Lipinski definition) is 2. The van der Waals surface area contributed by atoms with Crippen LogP contribution in [0.2, 0.25) is 0 Å². The zero-order chi connectivity index (χ0) is 26.4. The smallest absolute Gasteiger partial charge is 0.416 e. The molecule has 37 heavy (non-hydrogen) atoms. The first-order valence-electron chi connectivity index (χ1n) is 12.2. The van der Waals surface area contributed by atoms with Crippen molar-refractivity contribution < 1.29 is 32.6 Å². The van der Waals surface area contributed by atoms with Crippen LogP contribution in [0.25, 0.3) is 11.1 Å². The summed E-state index contributed by atoms with van der Waals surface area (Å²) in [6.07, 6.45) is 0.718. The van der Waals surface area contributed by atoms with E-state index in [1.165, 1.54) is 29.9 Å². The number of carboxylic acid groups (broad SMARTS) is 1. The molecule has 2 N–H and O–H groups in total. The Kier molecular flexibility index (Phi) is 8.53. The minimum absolute atomic E-state index is 0.0647. The summed E-state index contributed by atoms with van der Waals surface area (Å²) < 4.78 is 45.0. The summed E-state index contributed by atoms with van der Waals surface area (Å²) >= 11 is 1.35. The molecule has 5 nitrogen and oxygen atoms in total. The van der Waals surface area contributed by atoms with Gasteiger partial charge in [0.15, 0.2) is 0 Å². The van der Waals surface area contributed by atoms with Crippen molar-refractivity contribution in [2.24, 2.45) is 5.92 Å². The van der Waals surface area contributed by atoms with Crippen LogP contribution in [0.4, 0.5) is 13.2 Å². The van der Waals surface area contributed by atoms with E-state index in [9.17, 15) is 22.8 Å². The maximum atomic E-state index is 12.9. The highest BCUT2D eigenvalue weighted by Gasteiger charge is 2.30. The zero-order valence-corrected chi connectivity index (χ0v) is 20.9. The number of ether oxygens (including phenoxy) is 1. The molecule has 1 aliphatic rings. The number of carbonyl (C=O) groups excluding carboxylic acids is 1. The Hall–Kier alpha value is -3.33. The summed E-state index contributed by atoms with van der Waals surface area (Å²) in [7, 11) is 0. The molecule has 1 saturated carbocycles. The number of benzene rings is 2. The van der Waals surface area contributed by atoms with Crippen LogP contribution in [0.1, 0.15) is 64.7 Å². The van der Waals surface area contributed by atoms with Crippen LogP contribution in [-0.2, 0) is 11.0 Å². The molecule has 2 aromatic carbocycles. The van der Waals surface area contributed by atoms with Crippen molar-refractivity contribution in [3.8, 4) is 16.9 Å². The highest BCUT2D eigenvalue weighted by atomic mass is 32.1. The third-order valence-electron chi connectivity index (χ3n) is 6.50. The fourth-order valence-corrected chi connectivity index (χ4v) is 5.59. The SMILES string of the molecule is O=C(O)CCNC(=O)c1ccc([C@H](Oc2ccc(-c3ccc(C(F)(F)F)cc3)cc2)C2CCCCC2)s1. The first-order valence-corrected chi connectivity index (χ1v) is 13.1. The van der Waals surface area contributed by atoms with E-state index < -0.39 is 17.7 Å². The van der Waals surface area contributed by atoms with Gasteiger partial charge in [-0.1, -0.05) is 43.5 Å². The topological polar surface area (TPSA) is 75.6 Å². The normalized spacial score (nSPS) is 15.2. The molecule has 0 bridgehead atoms. The van der Waals surface area contributed by atoms with Crippen LogP contribution in [0.5, 0.6) is 5.75 Å². The molecule has 1 atom stereocenters. The number of carboxylic acids is 1. The van der Waals surface area contributed by atoms with Gasteiger partial charge in [0.05, 0.1) is 16.9 Å². The molecule has 4 rings (SSSR count). The molecule has 1 fully saturated rings. The van der Waals surface area contributed by atoms with Gasteiger partial charge >= 0.3 is 12.1 Å². The predicted octanol–water partition coefficient (Wildman–Crippen LogP) is 7.34. The quantitative estimate of drug-likeness (QED) is 0.303. The number of aliphatic carboxylic acids is 1. The number of carbonyl (C=O) groups is 2. The average Bonchev–Trinajstić information content (AvgIpc) is 3.38. The van der Waals surface area contributed by atoms with Gasteiger partial charge in [0.25, 0.3) is 5.91 Å². The van der Waals surface area contributed by atoms with E-state index in [2.05, 4.69) is 5.32 Å². The van der Waals surface area contributed by atoms with Crippen molar-refractivity contribution in [2.45, 2.75) is 50.8 Å². The van der Waals surface area contributed by atoms with Gasteiger partial charge < -0.3 is 15.2 Å². The van der Waals surface area contributed by atoms with Gasteiger partial charge in [-0.05, 0) is 60.4 Å². The van der Waals surface area contributed by atoms with Crippen LogP contribution < -0.4 is 10.1 Å². The first-order chi connectivity index (χ1) is 17.7. The van der Waals surface area contributed by atoms with Gasteiger partial charge in [0, 0.05) is 17.3 Å². The van der Waals surface area contributed by atoms with Crippen molar-refractivity contribution in [2.75, 3.05) is 6.54 Å². The molecule has 0 saturated heterocycles. The Morgan fingerprint density at radius 2 is 1.57 bits per heavy atom. The van der Waals surface area contributed by atoms with Crippen LogP contribution in [-0.4, -0.2) is 23.5 Å². The van der Waals surface area contributed by atoms with Crippen molar-refractivity contribution >= 4 is 23.2 Å². The highest BCUT2D eigenvalue weighted by Crippen LogP contribution is 2.40. The number of halogens is 3. The molecule has 1 heterocycles. The van der Waals surface area contributed by atoms with Gasteiger partial charge in [-0.2, -0.15) is 13.2 Å². The summed E-state index contributed by atoms with van der Waals surface area (Å²) in [6.45, 7) is 0.0647. The Morgan fingerprint density at radius 1 is 0.946 bits per heavy atom. The van der Waals surface area contributed by atoms with Crippen molar-refractivity contribution in [1.82, 2.24) is 5.32 Å². The monoisotopic (exact) mass is 531 g/mol. The standard InChI is InChI=1S/C28H28F3NO4S/c29-28(30,31)21-10-6-18(7-11-21)19-8-12-22(13-9-19)36-26(20-4-2-1-3-5-20)23-14-15-24(37-23)27(35)32-17-16-25(33)34/h6-15,20,26H,1-5,16-17H2,(H,32,35)(H,33,34)/t26-/m1/s1. The average molecular weight is 532 g/mol. The molecular formula is C28H28F3NO4S. The van der Waals surface area contributed by atoms with E-state index in [-0.39, 0.29) is 25.0 Å². The van der Waals surface area contributed by atoms with Crippen molar-refractivity contribution in [1.29, 1.82) is 0 Å². The van der Waals surface area contributed by atoms with Crippen LogP contribution in [0.3, 0.4) is 0 Å². The molecule has 1 amide bonds. The largest absolute Gasteiger partial charge is 0.485 e. The summed E-state index contributed by atoms with van der Waals surface area (Å²) in [6, 6.07) is 16.0. The number of amides is 1. The lowest BCUT2D eigenvalue weighted by atomic mass is 9.84. The van der Waals surface area contributed by atoms with Crippen molar-refractivity contribution in [3.63, 3.8) is 0 Å². The fraction of sp³-hybridized carbons (Fsp3) is 0.357. The Morgan fingerprint density at radius 3 is 2.16 bits per heavy atom. The molecule has 0 unspecified atom stereocenters. The minimum Gasteiger partial charge on any atom is -0.485 e. The first kappa shape index (κ1) is 26.7. The number of nitrogens with one attached hydrogen (secondary N) is 1. The molecule has 0 aliphatic heterocycles. The second-order valence-electron chi connectivity index (χ2n) is 9.14. The van der Waals surface area contributed by atoms with E-state index in [1.807, 2.05) is 30.3 Å². The van der Waals surface area contributed by atoms with E-state index in [0.717, 1.165) is 48.3 Å². The van der Waals surface area contributed by atoms with Crippen LogP contribution >= 0.6 is 11.3 Å². The van der Waals surface area contributed by atoms with E-state index >= 15 is 0 Å². The second kappa shape index (κ2) is 11.8. The number of rotatable bonds is 9. The number of alkyl halides is 3. The number of thiophene rings is 1. The number of hydrogen-bond acceptors (Lipinski definition) is 4. The third kappa shape index (κ3) is 7.13. The Bertz CT molecular complexity index is 1200. The molecule has 1 aromatic heterocycles. The van der Waals surface area contributed by atoms with E-state index in [4.69, 9.17) is 9.84 Å². The molecule has 3 aromatic rings. The predicted molar refractivity (Wildman–Crippen MR) is 136 cm³/mol. The van der Waals surface area contributed by atoms with Gasteiger partial charge in [-0.3, -0.25) is 9.59 Å². The summed E-state index contributed by atoms with van der Waals surface area (Å²) in [5.41, 5.74) is 0.782. The van der Waals surface area contributed by atoms with E-state index in [1.54, 1.807) is 6.07 Å². The van der Waals surface area contributed by atoms with E-state index in [0.29, 0.717) is 22.1 Å². The zero-order valence-electron chi connectivity index (χ0n) is 20.1. The van der Waals surface area contributed by atoms with Gasteiger partial charge in [0.1, 0.15) is 11.9 Å². The lowest BCUT2D eigenvalue weighted by Gasteiger charge is -2.30. The summed E-state index contributed by atoms with van der Waals surface area (Å²) in [5, 5.41) is 11.4. The van der Waals surface area contributed by atoms with Gasteiger partial charge in [-0.15, -0.1) is 11.3 Å². The van der Waals surface area contributed by atoms with Gasteiger partial charge in [0.2, 0.25) is 0 Å². The maximum Gasteiger partial charge on any atom is 0.416 e. The Balaban J connectivity index is 1.49. The third-order valence-corrected chi connectivity index (χ3v) is 7.64.